The number of benzene rings is 2. The van der Waals surface area contributed by atoms with E-state index in [-0.39, 0.29) is 0 Å². The highest BCUT2D eigenvalue weighted by molar-refractivity contribution is 6.42. The van der Waals surface area contributed by atoms with E-state index in [1.807, 2.05) is 42.5 Å². The van der Waals surface area contributed by atoms with Crippen LogP contribution in [0.25, 0.3) is 33.7 Å². The first-order valence-corrected chi connectivity index (χ1v) is 7.83. The van der Waals surface area contributed by atoms with E-state index in [1.54, 1.807) is 18.3 Å². The Hall–Kier alpha value is -2.36. The van der Waals surface area contributed by atoms with Crippen LogP contribution in [0.1, 0.15) is 0 Å². The summed E-state index contributed by atoms with van der Waals surface area (Å²) in [5.41, 5.74) is 4.57. The van der Waals surface area contributed by atoms with Gasteiger partial charge < -0.3 is 4.98 Å². The van der Waals surface area contributed by atoms with Gasteiger partial charge in [0, 0.05) is 17.3 Å². The summed E-state index contributed by atoms with van der Waals surface area (Å²) in [6.07, 6.45) is 1.78. The Bertz CT molecular complexity index is 955. The van der Waals surface area contributed by atoms with Crippen molar-refractivity contribution >= 4 is 34.2 Å². The third-order valence-corrected chi connectivity index (χ3v) is 4.35. The highest BCUT2D eigenvalue weighted by Gasteiger charge is 2.09. The summed E-state index contributed by atoms with van der Waals surface area (Å²) in [5.74, 6) is 0.762. The summed E-state index contributed by atoms with van der Waals surface area (Å²) in [5, 5.41) is 1.01. The molecular formula is C18H11Cl2N3. The maximum Gasteiger partial charge on any atom is 0.138 e. The third-order valence-electron chi connectivity index (χ3n) is 3.63. The van der Waals surface area contributed by atoms with Gasteiger partial charge in [-0.3, -0.25) is 4.98 Å². The quantitative estimate of drug-likeness (QED) is 0.516. The average Bonchev–Trinajstić information content (AvgIpc) is 2.99. The molecule has 2 heterocycles. The Morgan fingerprint density at radius 1 is 0.826 bits per heavy atom. The number of imidazole rings is 1. The molecule has 2 aromatic carbocycles. The van der Waals surface area contributed by atoms with Gasteiger partial charge in [-0.05, 0) is 24.3 Å². The number of hydrogen-bond donors (Lipinski definition) is 1. The van der Waals surface area contributed by atoms with Crippen LogP contribution in [0.4, 0.5) is 0 Å². The van der Waals surface area contributed by atoms with Crippen LogP contribution in [0.15, 0.2) is 60.8 Å². The number of pyridine rings is 1. The van der Waals surface area contributed by atoms with E-state index in [1.165, 1.54) is 0 Å². The van der Waals surface area contributed by atoms with Crippen LogP contribution in [-0.4, -0.2) is 15.0 Å². The van der Waals surface area contributed by atoms with Crippen molar-refractivity contribution in [2.45, 2.75) is 0 Å². The van der Waals surface area contributed by atoms with Crippen LogP contribution in [0.2, 0.25) is 10.0 Å². The lowest BCUT2D eigenvalue weighted by Gasteiger charge is -2.02. The smallest absolute Gasteiger partial charge is 0.138 e. The van der Waals surface area contributed by atoms with Crippen molar-refractivity contribution in [2.24, 2.45) is 0 Å². The molecule has 0 bridgehead atoms. The monoisotopic (exact) mass is 339 g/mol. The molecule has 0 atom stereocenters. The first kappa shape index (κ1) is 14.2. The zero-order valence-electron chi connectivity index (χ0n) is 11.9. The van der Waals surface area contributed by atoms with Crippen molar-refractivity contribution < 1.29 is 0 Å². The highest BCUT2D eigenvalue weighted by Crippen LogP contribution is 2.29. The van der Waals surface area contributed by atoms with Crippen molar-refractivity contribution in [3.63, 3.8) is 0 Å². The molecule has 0 radical (unpaired) electrons. The second kappa shape index (κ2) is 5.69. The Morgan fingerprint density at radius 2 is 1.61 bits per heavy atom. The molecule has 3 nitrogen and oxygen atoms in total. The molecule has 4 rings (SSSR count). The lowest BCUT2D eigenvalue weighted by atomic mass is 10.1. The minimum atomic E-state index is 0.497. The fourth-order valence-electron chi connectivity index (χ4n) is 2.49. The zero-order valence-corrected chi connectivity index (χ0v) is 13.4. The molecule has 1 N–H and O–H groups in total. The minimum Gasteiger partial charge on any atom is -0.338 e. The standard InChI is InChI=1S/C18H11Cl2N3/c19-13-9-16-17(10-14(13)20)23-18(22-16)12-6-7-21-15(8-12)11-4-2-1-3-5-11/h1-10H,(H,22,23). The van der Waals surface area contributed by atoms with Crippen molar-refractivity contribution in [1.29, 1.82) is 0 Å². The van der Waals surface area contributed by atoms with Crippen LogP contribution < -0.4 is 0 Å². The zero-order chi connectivity index (χ0) is 15.8. The fraction of sp³-hybridized carbons (Fsp3) is 0. The van der Waals surface area contributed by atoms with E-state index >= 15 is 0 Å². The molecule has 112 valence electrons. The number of fused-ring (bicyclic) bond motifs is 1. The second-order valence-electron chi connectivity index (χ2n) is 5.16. The molecule has 0 aliphatic carbocycles. The summed E-state index contributed by atoms with van der Waals surface area (Å²) in [7, 11) is 0. The summed E-state index contributed by atoms with van der Waals surface area (Å²) in [6, 6.07) is 17.5. The van der Waals surface area contributed by atoms with Gasteiger partial charge in [-0.15, -0.1) is 0 Å². The number of halogens is 2. The largest absolute Gasteiger partial charge is 0.338 e. The molecule has 0 unspecified atom stereocenters. The highest BCUT2D eigenvalue weighted by atomic mass is 35.5. The lowest BCUT2D eigenvalue weighted by Crippen LogP contribution is -1.86. The van der Waals surface area contributed by atoms with Crippen molar-refractivity contribution in [2.75, 3.05) is 0 Å². The Morgan fingerprint density at radius 3 is 2.43 bits per heavy atom. The molecule has 0 aliphatic rings. The number of nitrogens with zero attached hydrogens (tertiary/aromatic N) is 2. The van der Waals surface area contributed by atoms with Gasteiger partial charge in [0.2, 0.25) is 0 Å². The Balaban J connectivity index is 1.82. The number of aromatic amines is 1. The minimum absolute atomic E-state index is 0.497. The molecule has 5 heteroatoms. The first-order valence-electron chi connectivity index (χ1n) is 7.07. The van der Waals surface area contributed by atoms with E-state index in [2.05, 4.69) is 15.0 Å². The molecule has 0 amide bonds. The summed E-state index contributed by atoms with van der Waals surface area (Å²) in [6.45, 7) is 0. The maximum atomic E-state index is 6.06. The summed E-state index contributed by atoms with van der Waals surface area (Å²) >= 11 is 12.1. The van der Waals surface area contributed by atoms with E-state index in [9.17, 15) is 0 Å². The van der Waals surface area contributed by atoms with Gasteiger partial charge in [0.1, 0.15) is 5.82 Å². The SMILES string of the molecule is Clc1cc2nc(-c3ccnc(-c4ccccc4)c3)[nH]c2cc1Cl. The lowest BCUT2D eigenvalue weighted by molar-refractivity contribution is 1.28. The number of aromatic nitrogens is 3. The van der Waals surface area contributed by atoms with Gasteiger partial charge in [0.15, 0.2) is 0 Å². The van der Waals surface area contributed by atoms with Gasteiger partial charge in [-0.1, -0.05) is 53.5 Å². The molecule has 0 saturated carbocycles. The Kier molecular flexibility index (Phi) is 3.52. The topological polar surface area (TPSA) is 41.6 Å². The van der Waals surface area contributed by atoms with Crippen molar-refractivity contribution in [3.05, 3.63) is 70.8 Å². The van der Waals surface area contributed by atoms with E-state index in [0.29, 0.717) is 10.0 Å². The van der Waals surface area contributed by atoms with Crippen LogP contribution in [0.5, 0.6) is 0 Å². The van der Waals surface area contributed by atoms with E-state index < -0.39 is 0 Å². The predicted molar refractivity (Wildman–Crippen MR) is 94.8 cm³/mol. The maximum absolute atomic E-state index is 6.06. The summed E-state index contributed by atoms with van der Waals surface area (Å²) < 4.78 is 0. The van der Waals surface area contributed by atoms with Crippen molar-refractivity contribution in [3.8, 4) is 22.6 Å². The number of H-pyrrole nitrogens is 1. The van der Waals surface area contributed by atoms with Gasteiger partial charge >= 0.3 is 0 Å². The van der Waals surface area contributed by atoms with Gasteiger partial charge in [-0.25, -0.2) is 4.98 Å². The Labute approximate surface area is 142 Å². The van der Waals surface area contributed by atoms with Gasteiger partial charge in [0.05, 0.1) is 26.8 Å². The van der Waals surface area contributed by atoms with Crippen molar-refractivity contribution in [1.82, 2.24) is 15.0 Å². The van der Waals surface area contributed by atoms with E-state index in [0.717, 1.165) is 33.7 Å². The van der Waals surface area contributed by atoms with Crippen LogP contribution in [-0.2, 0) is 0 Å². The molecule has 23 heavy (non-hydrogen) atoms. The van der Waals surface area contributed by atoms with Gasteiger partial charge in [0.25, 0.3) is 0 Å². The number of hydrogen-bond acceptors (Lipinski definition) is 2. The van der Waals surface area contributed by atoms with Crippen LogP contribution in [0, 0.1) is 0 Å². The fourth-order valence-corrected chi connectivity index (χ4v) is 2.81. The molecular weight excluding hydrogens is 329 g/mol. The normalized spacial score (nSPS) is 11.0. The average molecular weight is 340 g/mol. The molecule has 2 aromatic heterocycles. The number of nitrogens with one attached hydrogen (secondary N) is 1. The van der Waals surface area contributed by atoms with E-state index in [4.69, 9.17) is 23.2 Å². The first-order chi connectivity index (χ1) is 11.2. The van der Waals surface area contributed by atoms with Crippen LogP contribution in [0.3, 0.4) is 0 Å². The molecule has 0 spiro atoms. The molecule has 0 saturated heterocycles. The predicted octanol–water partition coefficient (Wildman–Crippen LogP) is 5.60. The second-order valence-corrected chi connectivity index (χ2v) is 5.98. The van der Waals surface area contributed by atoms with Crippen LogP contribution >= 0.6 is 23.2 Å². The molecule has 0 aliphatic heterocycles. The third kappa shape index (κ3) is 2.69. The summed E-state index contributed by atoms with van der Waals surface area (Å²) in [4.78, 5) is 12.3. The molecule has 0 fully saturated rings. The van der Waals surface area contributed by atoms with Gasteiger partial charge in [-0.2, -0.15) is 0 Å². The number of rotatable bonds is 2. The molecule has 4 aromatic rings.